The predicted molar refractivity (Wildman–Crippen MR) is 77.9 cm³/mol. The fraction of sp³-hybridized carbons (Fsp3) is 0.692. The summed E-state index contributed by atoms with van der Waals surface area (Å²) in [5, 5.41) is 12.3. The van der Waals surface area contributed by atoms with Gasteiger partial charge in [-0.15, -0.1) is 0 Å². The summed E-state index contributed by atoms with van der Waals surface area (Å²) in [5.74, 6) is 8.07. The van der Waals surface area contributed by atoms with E-state index in [-0.39, 0.29) is 6.61 Å². The minimum Gasteiger partial charge on any atom is -0.396 e. The number of aryl methyl sites for hydroxylation is 1. The van der Waals surface area contributed by atoms with Gasteiger partial charge in [-0.3, -0.25) is 0 Å². The average molecular weight is 267 g/mol. The van der Waals surface area contributed by atoms with Crippen LogP contribution in [-0.2, 0) is 6.42 Å². The Kier molecular flexibility index (Phi) is 6.52. The third-order valence-corrected chi connectivity index (χ3v) is 3.12. The zero-order valence-electron chi connectivity index (χ0n) is 12.0. The van der Waals surface area contributed by atoms with Crippen LogP contribution >= 0.6 is 0 Å². The van der Waals surface area contributed by atoms with Gasteiger partial charge in [0.05, 0.1) is 0 Å². The molecule has 1 rings (SSSR count). The van der Waals surface area contributed by atoms with Crippen LogP contribution in [0.4, 0.5) is 11.6 Å². The number of hydrogen-bond donors (Lipinski definition) is 4. The topological polar surface area (TPSA) is 96.1 Å². The van der Waals surface area contributed by atoms with Gasteiger partial charge in [-0.05, 0) is 25.7 Å². The van der Waals surface area contributed by atoms with Gasteiger partial charge in [0, 0.05) is 25.1 Å². The molecule has 0 radical (unpaired) electrons. The Labute approximate surface area is 114 Å². The second-order valence-electron chi connectivity index (χ2n) is 4.82. The van der Waals surface area contributed by atoms with Gasteiger partial charge in [-0.1, -0.05) is 13.8 Å². The highest BCUT2D eigenvalue weighted by atomic mass is 16.3. The van der Waals surface area contributed by atoms with E-state index in [2.05, 4.69) is 20.7 Å². The van der Waals surface area contributed by atoms with Crippen LogP contribution in [0.25, 0.3) is 0 Å². The molecule has 0 spiro atoms. The number of nitrogens with one attached hydrogen (secondary N) is 2. The Morgan fingerprint density at radius 3 is 2.58 bits per heavy atom. The van der Waals surface area contributed by atoms with Crippen molar-refractivity contribution in [3.63, 3.8) is 0 Å². The summed E-state index contributed by atoms with van der Waals surface area (Å²) in [7, 11) is 0. The molecular formula is C13H25N5O. The average Bonchev–Trinajstić information content (AvgIpc) is 2.44. The van der Waals surface area contributed by atoms with Crippen molar-refractivity contribution in [3.05, 3.63) is 11.4 Å². The zero-order chi connectivity index (χ0) is 14.3. The lowest BCUT2D eigenvalue weighted by molar-refractivity contribution is 0.229. The van der Waals surface area contributed by atoms with Crippen molar-refractivity contribution in [3.8, 4) is 0 Å². The number of aliphatic hydroxyl groups excluding tert-OH is 1. The molecule has 0 aliphatic rings. The van der Waals surface area contributed by atoms with E-state index in [1.807, 2.05) is 20.8 Å². The predicted octanol–water partition coefficient (Wildman–Crippen LogP) is 1.45. The monoisotopic (exact) mass is 267 g/mol. The Balaban J connectivity index is 2.61. The van der Waals surface area contributed by atoms with Crippen LogP contribution in [0.15, 0.2) is 0 Å². The van der Waals surface area contributed by atoms with E-state index in [0.29, 0.717) is 11.7 Å². The van der Waals surface area contributed by atoms with Crippen molar-refractivity contribution >= 4 is 11.6 Å². The number of hydrazine groups is 1. The third-order valence-electron chi connectivity index (χ3n) is 3.12. The zero-order valence-corrected chi connectivity index (χ0v) is 12.0. The molecule has 108 valence electrons. The van der Waals surface area contributed by atoms with Gasteiger partial charge in [-0.25, -0.2) is 15.8 Å². The van der Waals surface area contributed by atoms with E-state index < -0.39 is 0 Å². The van der Waals surface area contributed by atoms with Gasteiger partial charge in [0.15, 0.2) is 0 Å². The van der Waals surface area contributed by atoms with Crippen LogP contribution in [0.1, 0.15) is 38.1 Å². The summed E-state index contributed by atoms with van der Waals surface area (Å²) in [5.41, 5.74) is 3.53. The largest absolute Gasteiger partial charge is 0.396 e. The Bertz CT molecular complexity index is 397. The molecule has 1 aromatic rings. The number of rotatable bonds is 8. The quantitative estimate of drug-likeness (QED) is 0.323. The number of hydrogen-bond acceptors (Lipinski definition) is 6. The standard InChI is InChI=1S/C13H25N5O/c1-4-11-16-12(10(3)13(17-11)18-14)15-7-5-6-9(2)8-19/h9,19H,4-8,14H2,1-3H3,(H2,15,16,17,18). The van der Waals surface area contributed by atoms with E-state index in [0.717, 1.165) is 43.0 Å². The lowest BCUT2D eigenvalue weighted by Gasteiger charge is -2.13. The molecule has 6 nitrogen and oxygen atoms in total. The van der Waals surface area contributed by atoms with Gasteiger partial charge < -0.3 is 15.8 Å². The van der Waals surface area contributed by atoms with E-state index in [1.165, 1.54) is 0 Å². The molecule has 5 N–H and O–H groups in total. The van der Waals surface area contributed by atoms with Crippen LogP contribution in [0, 0.1) is 12.8 Å². The van der Waals surface area contributed by atoms with Crippen molar-refractivity contribution < 1.29 is 5.11 Å². The number of nitrogens with two attached hydrogens (primary N) is 1. The molecule has 1 heterocycles. The first-order valence-electron chi connectivity index (χ1n) is 6.81. The molecule has 0 amide bonds. The Morgan fingerprint density at radius 1 is 1.32 bits per heavy atom. The molecule has 0 saturated heterocycles. The summed E-state index contributed by atoms with van der Waals surface area (Å²) in [6, 6.07) is 0. The molecule has 1 unspecified atom stereocenters. The summed E-state index contributed by atoms with van der Waals surface area (Å²) in [6.45, 7) is 7.07. The number of nitrogens with zero attached hydrogens (tertiary/aromatic N) is 2. The summed E-state index contributed by atoms with van der Waals surface area (Å²) >= 11 is 0. The van der Waals surface area contributed by atoms with Gasteiger partial charge in [0.1, 0.15) is 17.5 Å². The molecule has 1 atom stereocenters. The maximum atomic E-state index is 8.97. The van der Waals surface area contributed by atoms with Gasteiger partial charge in [0.25, 0.3) is 0 Å². The van der Waals surface area contributed by atoms with Crippen molar-refractivity contribution in [2.75, 3.05) is 23.9 Å². The Hall–Kier alpha value is -1.40. The summed E-state index contributed by atoms with van der Waals surface area (Å²) in [4.78, 5) is 8.79. The maximum absolute atomic E-state index is 8.97. The highest BCUT2D eigenvalue weighted by molar-refractivity contribution is 5.56. The number of aromatic nitrogens is 2. The molecule has 0 bridgehead atoms. The van der Waals surface area contributed by atoms with E-state index >= 15 is 0 Å². The smallest absolute Gasteiger partial charge is 0.148 e. The molecule has 0 aliphatic carbocycles. The molecule has 0 saturated carbocycles. The van der Waals surface area contributed by atoms with Gasteiger partial charge >= 0.3 is 0 Å². The van der Waals surface area contributed by atoms with Crippen LogP contribution < -0.4 is 16.6 Å². The highest BCUT2D eigenvalue weighted by Gasteiger charge is 2.09. The van der Waals surface area contributed by atoms with Crippen molar-refractivity contribution in [2.24, 2.45) is 11.8 Å². The summed E-state index contributed by atoms with van der Waals surface area (Å²) in [6.07, 6.45) is 2.76. The maximum Gasteiger partial charge on any atom is 0.148 e. The molecule has 0 fully saturated rings. The first kappa shape index (κ1) is 15.7. The molecule has 19 heavy (non-hydrogen) atoms. The highest BCUT2D eigenvalue weighted by Crippen LogP contribution is 2.19. The second-order valence-corrected chi connectivity index (χ2v) is 4.82. The first-order valence-corrected chi connectivity index (χ1v) is 6.81. The second kappa shape index (κ2) is 7.91. The molecule has 6 heteroatoms. The molecule has 0 aromatic carbocycles. The molecule has 0 aliphatic heterocycles. The van der Waals surface area contributed by atoms with Crippen molar-refractivity contribution in [2.45, 2.75) is 40.0 Å². The van der Waals surface area contributed by atoms with E-state index in [1.54, 1.807) is 0 Å². The number of aliphatic hydroxyl groups is 1. The lowest BCUT2D eigenvalue weighted by Crippen LogP contribution is -2.15. The minimum absolute atomic E-state index is 0.244. The third kappa shape index (κ3) is 4.65. The fourth-order valence-electron chi connectivity index (χ4n) is 1.78. The Morgan fingerprint density at radius 2 is 2.00 bits per heavy atom. The van der Waals surface area contributed by atoms with Gasteiger partial charge in [0.2, 0.25) is 0 Å². The van der Waals surface area contributed by atoms with Crippen molar-refractivity contribution in [1.29, 1.82) is 0 Å². The molecule has 1 aromatic heterocycles. The number of nitrogen functional groups attached to an aromatic ring is 1. The van der Waals surface area contributed by atoms with Crippen molar-refractivity contribution in [1.82, 2.24) is 9.97 Å². The first-order chi connectivity index (χ1) is 9.12. The minimum atomic E-state index is 0.244. The van der Waals surface area contributed by atoms with E-state index in [9.17, 15) is 0 Å². The van der Waals surface area contributed by atoms with Crippen LogP contribution in [0.2, 0.25) is 0 Å². The van der Waals surface area contributed by atoms with Crippen LogP contribution in [0.3, 0.4) is 0 Å². The fourth-order valence-corrected chi connectivity index (χ4v) is 1.78. The SMILES string of the molecule is CCc1nc(NN)c(C)c(NCCCC(C)CO)n1. The summed E-state index contributed by atoms with van der Waals surface area (Å²) < 4.78 is 0. The molecular weight excluding hydrogens is 242 g/mol. The van der Waals surface area contributed by atoms with Crippen LogP contribution in [0.5, 0.6) is 0 Å². The number of anilines is 2. The van der Waals surface area contributed by atoms with Gasteiger partial charge in [-0.2, -0.15) is 0 Å². The normalized spacial score (nSPS) is 12.3. The lowest BCUT2D eigenvalue weighted by atomic mass is 10.1. The van der Waals surface area contributed by atoms with E-state index in [4.69, 9.17) is 10.9 Å². The van der Waals surface area contributed by atoms with Crippen LogP contribution in [-0.4, -0.2) is 28.2 Å².